The van der Waals surface area contributed by atoms with E-state index in [4.69, 9.17) is 5.26 Å². The summed E-state index contributed by atoms with van der Waals surface area (Å²) in [4.78, 5) is 13.8. The van der Waals surface area contributed by atoms with Gasteiger partial charge in [0.2, 0.25) is 0 Å². The third kappa shape index (κ3) is 3.14. The minimum Gasteiger partial charge on any atom is -0.327 e. The number of nitrogens with one attached hydrogen (secondary N) is 2. The van der Waals surface area contributed by atoms with Crippen LogP contribution in [0.3, 0.4) is 0 Å². The zero-order valence-corrected chi connectivity index (χ0v) is 13.9. The van der Waals surface area contributed by atoms with Gasteiger partial charge < -0.3 is 4.98 Å². The number of nitriles is 1. The predicted octanol–water partition coefficient (Wildman–Crippen LogP) is 2.67. The smallest absolute Gasteiger partial charge is 0.264 e. The molecule has 0 saturated carbocycles. The van der Waals surface area contributed by atoms with Crippen molar-refractivity contribution in [3.05, 3.63) is 70.1 Å². The Kier molecular flexibility index (Phi) is 4.44. The van der Waals surface area contributed by atoms with Crippen LogP contribution in [0.25, 0.3) is 10.8 Å². The zero-order valence-electron chi connectivity index (χ0n) is 13.1. The van der Waals surface area contributed by atoms with Crippen LogP contribution in [-0.2, 0) is 16.4 Å². The lowest BCUT2D eigenvalue weighted by atomic mass is 10.1. The van der Waals surface area contributed by atoms with Gasteiger partial charge in [0.15, 0.2) is 0 Å². The van der Waals surface area contributed by atoms with Crippen molar-refractivity contribution in [3.63, 3.8) is 0 Å². The normalized spacial score (nSPS) is 11.3. The van der Waals surface area contributed by atoms with Crippen LogP contribution in [0.4, 0.5) is 14.5 Å². The van der Waals surface area contributed by atoms with Gasteiger partial charge in [-0.25, -0.2) is 17.2 Å². The van der Waals surface area contributed by atoms with Crippen LogP contribution in [-0.4, -0.2) is 13.4 Å². The molecule has 26 heavy (non-hydrogen) atoms. The molecule has 0 fully saturated rings. The van der Waals surface area contributed by atoms with Crippen molar-refractivity contribution in [2.24, 2.45) is 0 Å². The van der Waals surface area contributed by atoms with Gasteiger partial charge in [-0.3, -0.25) is 9.52 Å². The quantitative estimate of drug-likeness (QED) is 0.732. The van der Waals surface area contributed by atoms with E-state index in [1.807, 2.05) is 4.72 Å². The van der Waals surface area contributed by atoms with Gasteiger partial charge >= 0.3 is 0 Å². The Labute approximate surface area is 146 Å². The molecular formula is C17H11F2N3O3S. The summed E-state index contributed by atoms with van der Waals surface area (Å²) in [5, 5.41) is 8.87. The molecule has 9 heteroatoms. The summed E-state index contributed by atoms with van der Waals surface area (Å²) in [6.07, 6.45) is 0.644. The molecule has 0 aliphatic rings. The fourth-order valence-corrected chi connectivity index (χ4v) is 3.73. The zero-order chi connectivity index (χ0) is 18.9. The lowest BCUT2D eigenvalue weighted by molar-refractivity contribution is 0.589. The number of anilines is 1. The number of hydrogen-bond donors (Lipinski definition) is 2. The maximum absolute atomic E-state index is 14.1. The number of rotatable bonds is 4. The highest BCUT2D eigenvalue weighted by atomic mass is 32.2. The largest absolute Gasteiger partial charge is 0.327 e. The van der Waals surface area contributed by atoms with Gasteiger partial charge in [0.1, 0.15) is 16.5 Å². The van der Waals surface area contributed by atoms with Crippen molar-refractivity contribution in [1.82, 2.24) is 4.98 Å². The van der Waals surface area contributed by atoms with Crippen molar-refractivity contribution in [2.45, 2.75) is 11.3 Å². The van der Waals surface area contributed by atoms with Gasteiger partial charge in [0, 0.05) is 28.6 Å². The number of pyridine rings is 1. The van der Waals surface area contributed by atoms with E-state index in [0.29, 0.717) is 6.07 Å². The minimum atomic E-state index is -4.31. The first-order chi connectivity index (χ1) is 12.3. The van der Waals surface area contributed by atoms with Crippen LogP contribution in [0.2, 0.25) is 0 Å². The molecule has 0 aliphatic carbocycles. The highest BCUT2D eigenvalue weighted by molar-refractivity contribution is 7.93. The lowest BCUT2D eigenvalue weighted by Crippen LogP contribution is -2.17. The van der Waals surface area contributed by atoms with Gasteiger partial charge in [-0.1, -0.05) is 18.2 Å². The monoisotopic (exact) mass is 375 g/mol. The number of nitrogens with zero attached hydrogens (tertiary/aromatic N) is 1. The van der Waals surface area contributed by atoms with E-state index >= 15 is 0 Å². The molecule has 0 spiro atoms. The molecule has 0 atom stereocenters. The number of H-pyrrole nitrogens is 1. The van der Waals surface area contributed by atoms with Crippen LogP contribution in [0.1, 0.15) is 5.56 Å². The second kappa shape index (κ2) is 6.57. The van der Waals surface area contributed by atoms with Crippen molar-refractivity contribution >= 4 is 26.5 Å². The number of sulfonamides is 1. The molecule has 1 aromatic heterocycles. The summed E-state index contributed by atoms with van der Waals surface area (Å²) in [6.45, 7) is 0. The molecule has 0 amide bonds. The van der Waals surface area contributed by atoms with Crippen molar-refractivity contribution in [2.75, 3.05) is 4.72 Å². The Morgan fingerprint density at radius 1 is 1.12 bits per heavy atom. The molecular weight excluding hydrogens is 364 g/mol. The molecule has 132 valence electrons. The Morgan fingerprint density at radius 2 is 1.81 bits per heavy atom. The molecule has 0 radical (unpaired) electrons. The third-order valence-electron chi connectivity index (χ3n) is 3.71. The van der Waals surface area contributed by atoms with E-state index in [-0.39, 0.29) is 27.7 Å². The highest BCUT2D eigenvalue weighted by Crippen LogP contribution is 2.25. The van der Waals surface area contributed by atoms with Crippen LogP contribution in [0.5, 0.6) is 0 Å². The Bertz CT molecular complexity index is 1210. The molecule has 0 bridgehead atoms. The minimum absolute atomic E-state index is 0.144. The number of aromatic amines is 1. The third-order valence-corrected chi connectivity index (χ3v) is 5.12. The maximum atomic E-state index is 14.1. The first kappa shape index (κ1) is 17.6. The maximum Gasteiger partial charge on any atom is 0.264 e. The summed E-state index contributed by atoms with van der Waals surface area (Å²) < 4.78 is 55.2. The van der Waals surface area contributed by atoms with Gasteiger partial charge in [-0.05, 0) is 12.1 Å². The fourth-order valence-electron chi connectivity index (χ4n) is 2.49. The Hall–Kier alpha value is -3.25. The molecule has 3 rings (SSSR count). The molecule has 6 nitrogen and oxygen atoms in total. The van der Waals surface area contributed by atoms with E-state index in [1.54, 1.807) is 18.2 Å². The number of aromatic nitrogens is 1. The van der Waals surface area contributed by atoms with Crippen LogP contribution in [0, 0.1) is 23.0 Å². The predicted molar refractivity (Wildman–Crippen MR) is 91.1 cm³/mol. The summed E-state index contributed by atoms with van der Waals surface area (Å²) in [6, 6.07) is 9.14. The van der Waals surface area contributed by atoms with Crippen LogP contribution in [0.15, 0.2) is 52.3 Å². The molecule has 2 N–H and O–H groups in total. The van der Waals surface area contributed by atoms with Crippen molar-refractivity contribution < 1.29 is 17.2 Å². The fraction of sp³-hybridized carbons (Fsp3) is 0.0588. The molecule has 0 saturated heterocycles. The number of benzene rings is 2. The summed E-state index contributed by atoms with van der Waals surface area (Å²) in [5.74, 6) is -1.93. The van der Waals surface area contributed by atoms with E-state index in [9.17, 15) is 22.0 Å². The number of hydrogen-bond acceptors (Lipinski definition) is 4. The number of halogens is 2. The first-order valence-electron chi connectivity index (χ1n) is 7.31. The standard InChI is InChI=1S/C17H11F2N3O3S/c18-13-8-15(14(19)7-10(13)5-6-20)22-26(24,25)16-9-21-17(23)12-4-2-1-3-11(12)16/h1-4,7-9,22H,5H2,(H,21,23). The van der Waals surface area contributed by atoms with E-state index < -0.39 is 32.9 Å². The Balaban J connectivity index is 2.09. The summed E-state index contributed by atoms with van der Waals surface area (Å²) in [7, 11) is -4.31. The van der Waals surface area contributed by atoms with Crippen LogP contribution >= 0.6 is 0 Å². The summed E-state index contributed by atoms with van der Waals surface area (Å²) in [5.41, 5.74) is -1.25. The van der Waals surface area contributed by atoms with Crippen LogP contribution < -0.4 is 10.3 Å². The molecule has 0 unspecified atom stereocenters. The average Bonchev–Trinajstić information content (AvgIpc) is 2.59. The molecule has 2 aromatic carbocycles. The van der Waals surface area contributed by atoms with Crippen molar-refractivity contribution in [1.29, 1.82) is 5.26 Å². The molecule has 3 aromatic rings. The van der Waals surface area contributed by atoms with E-state index in [0.717, 1.165) is 12.3 Å². The van der Waals surface area contributed by atoms with Gasteiger partial charge in [0.05, 0.1) is 18.2 Å². The second-order valence-electron chi connectivity index (χ2n) is 5.39. The van der Waals surface area contributed by atoms with Gasteiger partial charge in [0.25, 0.3) is 15.6 Å². The second-order valence-corrected chi connectivity index (χ2v) is 7.04. The Morgan fingerprint density at radius 3 is 2.50 bits per heavy atom. The lowest BCUT2D eigenvalue weighted by Gasteiger charge is -2.12. The SMILES string of the molecule is N#CCc1cc(F)c(NS(=O)(=O)c2c[nH]c(=O)c3ccccc23)cc1F. The van der Waals surface area contributed by atoms with E-state index in [1.165, 1.54) is 12.1 Å². The highest BCUT2D eigenvalue weighted by Gasteiger charge is 2.21. The average molecular weight is 375 g/mol. The van der Waals surface area contributed by atoms with Gasteiger partial charge in [-0.15, -0.1) is 0 Å². The topological polar surface area (TPSA) is 103 Å². The molecule has 1 heterocycles. The first-order valence-corrected chi connectivity index (χ1v) is 8.80. The van der Waals surface area contributed by atoms with E-state index in [2.05, 4.69) is 4.98 Å². The van der Waals surface area contributed by atoms with Gasteiger partial charge in [-0.2, -0.15) is 5.26 Å². The molecule has 0 aliphatic heterocycles. The van der Waals surface area contributed by atoms with Crippen molar-refractivity contribution in [3.8, 4) is 6.07 Å². The number of fused-ring (bicyclic) bond motifs is 1. The summed E-state index contributed by atoms with van der Waals surface area (Å²) >= 11 is 0.